The van der Waals surface area contributed by atoms with Crippen LogP contribution in [0.3, 0.4) is 0 Å². The number of nitrogens with zero attached hydrogens (tertiary/aromatic N) is 1. The molecule has 1 heterocycles. The number of hydrogen-bond acceptors (Lipinski definition) is 2. The van der Waals surface area contributed by atoms with Crippen LogP contribution < -0.4 is 5.32 Å². The van der Waals surface area contributed by atoms with Crippen LogP contribution >= 0.6 is 0 Å². The maximum absolute atomic E-state index is 12.4. The molecule has 2 fully saturated rings. The highest BCUT2D eigenvalue weighted by atomic mass is 16.2. The summed E-state index contributed by atoms with van der Waals surface area (Å²) in [6.45, 7) is 4.52. The first-order chi connectivity index (χ1) is 8.69. The zero-order chi connectivity index (χ0) is 13.1. The van der Waals surface area contributed by atoms with Gasteiger partial charge < -0.3 is 10.2 Å². The standard InChI is InChI=1S/C14H22N2O2/c1-3-5-9-16-11(6-4-2)13(17)15-12(14(16)18)10-7-8-10/h3,5,10-12H,4,6-9H2,1-2H3,(H,15,17)/b5-3+. The average Bonchev–Trinajstić information content (AvgIpc) is 3.17. The fourth-order valence-electron chi connectivity index (χ4n) is 2.53. The number of rotatable bonds is 5. The molecule has 1 aliphatic heterocycles. The first-order valence-electron chi connectivity index (χ1n) is 6.91. The van der Waals surface area contributed by atoms with Crippen LogP contribution in [0.1, 0.15) is 39.5 Å². The van der Waals surface area contributed by atoms with E-state index in [9.17, 15) is 9.59 Å². The van der Waals surface area contributed by atoms with Gasteiger partial charge in [-0.2, -0.15) is 0 Å². The molecule has 1 saturated heterocycles. The average molecular weight is 250 g/mol. The molecule has 0 spiro atoms. The smallest absolute Gasteiger partial charge is 0.246 e. The van der Waals surface area contributed by atoms with E-state index >= 15 is 0 Å². The number of piperazine rings is 1. The lowest BCUT2D eigenvalue weighted by molar-refractivity contribution is -0.149. The highest BCUT2D eigenvalue weighted by molar-refractivity contribution is 5.97. The van der Waals surface area contributed by atoms with Gasteiger partial charge in [0, 0.05) is 6.54 Å². The molecule has 1 N–H and O–H groups in total. The molecular formula is C14H22N2O2. The Morgan fingerprint density at radius 3 is 2.67 bits per heavy atom. The van der Waals surface area contributed by atoms with Crippen LogP contribution in [-0.4, -0.2) is 35.3 Å². The van der Waals surface area contributed by atoms with E-state index in [-0.39, 0.29) is 23.9 Å². The third kappa shape index (κ3) is 2.57. The third-order valence-corrected chi connectivity index (χ3v) is 3.72. The SMILES string of the molecule is C/C=C/CN1C(=O)C(C2CC2)NC(=O)C1CCC. The fourth-order valence-corrected chi connectivity index (χ4v) is 2.53. The Labute approximate surface area is 108 Å². The zero-order valence-corrected chi connectivity index (χ0v) is 11.2. The van der Waals surface area contributed by atoms with Crippen molar-refractivity contribution in [3.05, 3.63) is 12.2 Å². The minimum atomic E-state index is -0.284. The summed E-state index contributed by atoms with van der Waals surface area (Å²) < 4.78 is 0. The lowest BCUT2D eigenvalue weighted by Gasteiger charge is -2.38. The van der Waals surface area contributed by atoms with Crippen molar-refractivity contribution in [2.24, 2.45) is 5.92 Å². The Morgan fingerprint density at radius 1 is 1.39 bits per heavy atom. The number of nitrogens with one attached hydrogen (secondary N) is 1. The maximum atomic E-state index is 12.4. The number of carbonyl (C=O) groups is 2. The van der Waals surface area contributed by atoms with Gasteiger partial charge in [-0.15, -0.1) is 0 Å². The van der Waals surface area contributed by atoms with Gasteiger partial charge in [0.05, 0.1) is 0 Å². The van der Waals surface area contributed by atoms with Crippen molar-refractivity contribution in [2.75, 3.05) is 6.54 Å². The van der Waals surface area contributed by atoms with Crippen molar-refractivity contribution in [3.8, 4) is 0 Å². The molecular weight excluding hydrogens is 228 g/mol. The Hall–Kier alpha value is -1.32. The van der Waals surface area contributed by atoms with Gasteiger partial charge in [0.1, 0.15) is 12.1 Å². The molecule has 2 amide bonds. The van der Waals surface area contributed by atoms with Gasteiger partial charge in [-0.1, -0.05) is 25.5 Å². The monoisotopic (exact) mass is 250 g/mol. The lowest BCUT2D eigenvalue weighted by Crippen LogP contribution is -2.63. The van der Waals surface area contributed by atoms with E-state index < -0.39 is 0 Å². The molecule has 2 atom stereocenters. The molecule has 1 saturated carbocycles. The van der Waals surface area contributed by atoms with Gasteiger partial charge >= 0.3 is 0 Å². The molecule has 4 nitrogen and oxygen atoms in total. The van der Waals surface area contributed by atoms with E-state index in [4.69, 9.17) is 0 Å². The molecule has 0 aromatic rings. The summed E-state index contributed by atoms with van der Waals surface area (Å²) in [7, 11) is 0. The van der Waals surface area contributed by atoms with E-state index in [0.717, 1.165) is 25.7 Å². The third-order valence-electron chi connectivity index (χ3n) is 3.72. The Morgan fingerprint density at radius 2 is 2.11 bits per heavy atom. The molecule has 2 unspecified atom stereocenters. The van der Waals surface area contributed by atoms with E-state index in [1.807, 2.05) is 26.0 Å². The van der Waals surface area contributed by atoms with Gasteiger partial charge in [-0.3, -0.25) is 9.59 Å². The summed E-state index contributed by atoms with van der Waals surface area (Å²) in [4.78, 5) is 26.3. The minimum absolute atomic E-state index is 0.0258. The van der Waals surface area contributed by atoms with Gasteiger partial charge in [0.15, 0.2) is 0 Å². The topological polar surface area (TPSA) is 49.4 Å². The molecule has 2 aliphatic rings. The highest BCUT2D eigenvalue weighted by Crippen LogP contribution is 2.35. The second-order valence-electron chi connectivity index (χ2n) is 5.19. The van der Waals surface area contributed by atoms with Crippen LogP contribution in [0.4, 0.5) is 0 Å². The molecule has 0 aromatic heterocycles. The van der Waals surface area contributed by atoms with Crippen molar-refractivity contribution >= 4 is 11.8 Å². The maximum Gasteiger partial charge on any atom is 0.246 e. The zero-order valence-electron chi connectivity index (χ0n) is 11.2. The van der Waals surface area contributed by atoms with Crippen LogP contribution in [-0.2, 0) is 9.59 Å². The minimum Gasteiger partial charge on any atom is -0.342 e. The van der Waals surface area contributed by atoms with Crippen LogP contribution in [0.25, 0.3) is 0 Å². The van der Waals surface area contributed by atoms with Gasteiger partial charge in [0.2, 0.25) is 11.8 Å². The molecule has 1 aliphatic carbocycles. The molecule has 100 valence electrons. The number of allylic oxidation sites excluding steroid dienone is 1. The molecule has 2 rings (SSSR count). The summed E-state index contributed by atoms with van der Waals surface area (Å²) >= 11 is 0. The van der Waals surface area contributed by atoms with Crippen molar-refractivity contribution < 1.29 is 9.59 Å². The van der Waals surface area contributed by atoms with Crippen molar-refractivity contribution in [2.45, 2.75) is 51.6 Å². The van der Waals surface area contributed by atoms with E-state index in [2.05, 4.69) is 5.32 Å². The normalized spacial score (nSPS) is 28.9. The van der Waals surface area contributed by atoms with Crippen LogP contribution in [0.15, 0.2) is 12.2 Å². The molecule has 0 radical (unpaired) electrons. The van der Waals surface area contributed by atoms with Crippen molar-refractivity contribution in [1.29, 1.82) is 0 Å². The lowest BCUT2D eigenvalue weighted by atomic mass is 10.0. The number of amides is 2. The summed E-state index contributed by atoms with van der Waals surface area (Å²) in [5.74, 6) is 0.503. The van der Waals surface area contributed by atoms with E-state index in [1.165, 1.54) is 0 Å². The second kappa shape index (κ2) is 5.55. The fraction of sp³-hybridized carbons (Fsp3) is 0.714. The largest absolute Gasteiger partial charge is 0.342 e. The molecule has 0 aromatic carbocycles. The van der Waals surface area contributed by atoms with Gasteiger partial charge in [-0.25, -0.2) is 0 Å². The Kier molecular flexibility index (Phi) is 4.04. The second-order valence-corrected chi connectivity index (χ2v) is 5.19. The molecule has 18 heavy (non-hydrogen) atoms. The highest BCUT2D eigenvalue weighted by Gasteiger charge is 2.46. The summed E-state index contributed by atoms with van der Waals surface area (Å²) in [6.07, 6.45) is 7.65. The van der Waals surface area contributed by atoms with Gasteiger partial charge in [-0.05, 0) is 32.1 Å². The Bertz CT molecular complexity index is 361. The van der Waals surface area contributed by atoms with Crippen LogP contribution in [0, 0.1) is 5.92 Å². The number of hydrogen-bond donors (Lipinski definition) is 1. The summed E-state index contributed by atoms with van der Waals surface area (Å²) in [5, 5.41) is 2.92. The first-order valence-corrected chi connectivity index (χ1v) is 6.91. The first kappa shape index (κ1) is 13.1. The van der Waals surface area contributed by atoms with Crippen LogP contribution in [0.2, 0.25) is 0 Å². The van der Waals surface area contributed by atoms with Crippen LogP contribution in [0.5, 0.6) is 0 Å². The summed E-state index contributed by atoms with van der Waals surface area (Å²) in [6, 6.07) is -0.551. The van der Waals surface area contributed by atoms with E-state index in [1.54, 1.807) is 4.90 Å². The van der Waals surface area contributed by atoms with E-state index in [0.29, 0.717) is 12.5 Å². The summed E-state index contributed by atoms with van der Waals surface area (Å²) in [5.41, 5.74) is 0. The predicted octanol–water partition coefficient (Wildman–Crippen LogP) is 1.47. The number of carbonyl (C=O) groups excluding carboxylic acids is 2. The van der Waals surface area contributed by atoms with Crippen molar-refractivity contribution in [3.63, 3.8) is 0 Å². The quantitative estimate of drug-likeness (QED) is 0.751. The molecule has 4 heteroatoms. The molecule has 0 bridgehead atoms. The Balaban J connectivity index is 2.14. The van der Waals surface area contributed by atoms with Gasteiger partial charge in [0.25, 0.3) is 0 Å². The predicted molar refractivity (Wildman–Crippen MR) is 69.9 cm³/mol. The van der Waals surface area contributed by atoms with Crippen molar-refractivity contribution in [1.82, 2.24) is 10.2 Å².